The van der Waals surface area contributed by atoms with Crippen molar-refractivity contribution in [1.82, 2.24) is 9.97 Å². The van der Waals surface area contributed by atoms with Gasteiger partial charge in [0.2, 0.25) is 0 Å². The summed E-state index contributed by atoms with van der Waals surface area (Å²) in [5.41, 5.74) is 3.48. The van der Waals surface area contributed by atoms with Gasteiger partial charge in [0.25, 0.3) is 0 Å². The van der Waals surface area contributed by atoms with Gasteiger partial charge in [-0.05, 0) is 32.1 Å². The molecule has 1 fully saturated rings. The topological polar surface area (TPSA) is 85.1 Å². The predicted octanol–water partition coefficient (Wildman–Crippen LogP) is 1.30. The summed E-state index contributed by atoms with van der Waals surface area (Å²) >= 11 is 0. The summed E-state index contributed by atoms with van der Waals surface area (Å²) in [6, 6.07) is 0. The summed E-state index contributed by atoms with van der Waals surface area (Å²) in [7, 11) is 0. The number of nitrogens with one attached hydrogen (secondary N) is 2. The molecule has 0 unspecified atom stereocenters. The summed E-state index contributed by atoms with van der Waals surface area (Å²) in [5.74, 6) is 7.66. The number of aromatic nitrogens is 2. The Kier molecular flexibility index (Phi) is 4.72. The third-order valence-corrected chi connectivity index (χ3v) is 3.03. The summed E-state index contributed by atoms with van der Waals surface area (Å²) in [6.07, 6.45) is 5.15. The first kappa shape index (κ1) is 13.0. The number of nitrogen functional groups attached to an aromatic ring is 1. The Bertz CT molecular complexity index is 381. The standard InChI is InChI=1S/C12H21N5O/c1-9-11(15-8-16-12(9)17-13)14-5-2-6-18-7-10-3-4-10/h8,10H,2-7,13H2,1H3,(H2,14,15,16,17). The van der Waals surface area contributed by atoms with Crippen LogP contribution in [0.15, 0.2) is 6.33 Å². The Hall–Kier alpha value is -1.40. The van der Waals surface area contributed by atoms with Crippen molar-refractivity contribution in [2.75, 3.05) is 30.5 Å². The van der Waals surface area contributed by atoms with Gasteiger partial charge >= 0.3 is 0 Å². The van der Waals surface area contributed by atoms with E-state index >= 15 is 0 Å². The molecule has 1 aliphatic rings. The van der Waals surface area contributed by atoms with Gasteiger partial charge in [0, 0.05) is 25.3 Å². The summed E-state index contributed by atoms with van der Waals surface area (Å²) in [5, 5.41) is 3.26. The fourth-order valence-corrected chi connectivity index (χ4v) is 1.69. The fourth-order valence-electron chi connectivity index (χ4n) is 1.69. The molecule has 6 nitrogen and oxygen atoms in total. The van der Waals surface area contributed by atoms with Crippen LogP contribution in [-0.2, 0) is 4.74 Å². The van der Waals surface area contributed by atoms with Gasteiger partial charge in [0.15, 0.2) is 0 Å². The van der Waals surface area contributed by atoms with Gasteiger partial charge in [-0.1, -0.05) is 0 Å². The van der Waals surface area contributed by atoms with Crippen LogP contribution in [0.1, 0.15) is 24.8 Å². The van der Waals surface area contributed by atoms with E-state index in [1.165, 1.54) is 19.2 Å². The highest BCUT2D eigenvalue weighted by Crippen LogP contribution is 2.28. The van der Waals surface area contributed by atoms with Crippen LogP contribution < -0.4 is 16.6 Å². The monoisotopic (exact) mass is 251 g/mol. The average Bonchev–Trinajstić information content (AvgIpc) is 3.19. The lowest BCUT2D eigenvalue weighted by atomic mass is 10.3. The van der Waals surface area contributed by atoms with Crippen molar-refractivity contribution >= 4 is 11.6 Å². The second kappa shape index (κ2) is 6.51. The van der Waals surface area contributed by atoms with E-state index in [0.29, 0.717) is 5.82 Å². The first-order valence-corrected chi connectivity index (χ1v) is 6.41. The van der Waals surface area contributed by atoms with Gasteiger partial charge in [0.1, 0.15) is 18.0 Å². The predicted molar refractivity (Wildman–Crippen MR) is 71.2 cm³/mol. The number of ether oxygens (including phenoxy) is 1. The van der Waals surface area contributed by atoms with Crippen LogP contribution in [0, 0.1) is 12.8 Å². The number of hydrogen-bond acceptors (Lipinski definition) is 6. The molecule has 0 amide bonds. The Morgan fingerprint density at radius 3 is 2.89 bits per heavy atom. The second-order valence-corrected chi connectivity index (χ2v) is 4.64. The van der Waals surface area contributed by atoms with Gasteiger partial charge in [-0.3, -0.25) is 0 Å². The average molecular weight is 251 g/mol. The maximum atomic E-state index is 5.57. The van der Waals surface area contributed by atoms with E-state index in [1.807, 2.05) is 6.92 Å². The minimum atomic E-state index is 0.650. The minimum Gasteiger partial charge on any atom is -0.381 e. The van der Waals surface area contributed by atoms with Gasteiger partial charge in [-0.25, -0.2) is 15.8 Å². The third kappa shape index (κ3) is 3.82. The number of nitrogens with zero attached hydrogens (tertiary/aromatic N) is 2. The maximum Gasteiger partial charge on any atom is 0.148 e. The molecule has 0 saturated heterocycles. The number of rotatable bonds is 8. The van der Waals surface area contributed by atoms with E-state index < -0.39 is 0 Å². The van der Waals surface area contributed by atoms with E-state index in [0.717, 1.165) is 43.5 Å². The fraction of sp³-hybridized carbons (Fsp3) is 0.667. The summed E-state index contributed by atoms with van der Waals surface area (Å²) < 4.78 is 5.57. The molecule has 0 spiro atoms. The van der Waals surface area contributed by atoms with Gasteiger partial charge in [0.05, 0.1) is 0 Å². The van der Waals surface area contributed by atoms with Crippen LogP contribution in [0.2, 0.25) is 0 Å². The van der Waals surface area contributed by atoms with Crippen LogP contribution in [0.5, 0.6) is 0 Å². The zero-order chi connectivity index (χ0) is 12.8. The minimum absolute atomic E-state index is 0.650. The molecular formula is C12H21N5O. The molecule has 1 aliphatic carbocycles. The summed E-state index contributed by atoms with van der Waals surface area (Å²) in [4.78, 5) is 8.21. The molecule has 0 atom stereocenters. The first-order valence-electron chi connectivity index (χ1n) is 6.41. The largest absolute Gasteiger partial charge is 0.381 e. The van der Waals surface area contributed by atoms with Gasteiger partial charge < -0.3 is 15.5 Å². The quantitative estimate of drug-likeness (QED) is 0.367. The van der Waals surface area contributed by atoms with E-state index in [1.54, 1.807) is 0 Å². The number of hydrogen-bond donors (Lipinski definition) is 3. The first-order chi connectivity index (χ1) is 8.81. The molecule has 6 heteroatoms. The number of hydrazine groups is 1. The van der Waals surface area contributed by atoms with Crippen LogP contribution in [0.4, 0.5) is 11.6 Å². The molecule has 4 N–H and O–H groups in total. The van der Waals surface area contributed by atoms with Crippen LogP contribution in [0.3, 0.4) is 0 Å². The molecule has 0 aromatic carbocycles. The van der Waals surface area contributed by atoms with Crippen molar-refractivity contribution < 1.29 is 4.74 Å². The van der Waals surface area contributed by atoms with Crippen molar-refractivity contribution in [1.29, 1.82) is 0 Å². The number of nitrogens with two attached hydrogens (primary N) is 1. The Balaban J connectivity index is 1.65. The number of anilines is 2. The molecule has 1 heterocycles. The van der Waals surface area contributed by atoms with Crippen molar-refractivity contribution in [3.63, 3.8) is 0 Å². The van der Waals surface area contributed by atoms with Crippen molar-refractivity contribution in [2.45, 2.75) is 26.2 Å². The van der Waals surface area contributed by atoms with Crippen LogP contribution >= 0.6 is 0 Å². The maximum absolute atomic E-state index is 5.57. The molecule has 18 heavy (non-hydrogen) atoms. The van der Waals surface area contributed by atoms with E-state index in [-0.39, 0.29) is 0 Å². The van der Waals surface area contributed by atoms with E-state index in [9.17, 15) is 0 Å². The lowest BCUT2D eigenvalue weighted by molar-refractivity contribution is 0.124. The zero-order valence-electron chi connectivity index (χ0n) is 10.8. The van der Waals surface area contributed by atoms with Gasteiger partial charge in [-0.2, -0.15) is 0 Å². The molecule has 0 radical (unpaired) electrons. The Morgan fingerprint density at radius 2 is 2.17 bits per heavy atom. The highest BCUT2D eigenvalue weighted by atomic mass is 16.5. The zero-order valence-corrected chi connectivity index (χ0v) is 10.8. The molecule has 0 bridgehead atoms. The SMILES string of the molecule is Cc1c(NN)ncnc1NCCCOCC1CC1. The third-order valence-electron chi connectivity index (χ3n) is 3.03. The van der Waals surface area contributed by atoms with Crippen molar-refractivity contribution in [2.24, 2.45) is 11.8 Å². The van der Waals surface area contributed by atoms with Crippen LogP contribution in [0.25, 0.3) is 0 Å². The molecule has 1 saturated carbocycles. The smallest absolute Gasteiger partial charge is 0.148 e. The van der Waals surface area contributed by atoms with E-state index in [4.69, 9.17) is 10.6 Å². The normalized spacial score (nSPS) is 14.6. The lowest BCUT2D eigenvalue weighted by Crippen LogP contribution is -2.13. The summed E-state index contributed by atoms with van der Waals surface area (Å²) in [6.45, 7) is 4.50. The highest BCUT2D eigenvalue weighted by molar-refractivity contribution is 5.55. The van der Waals surface area contributed by atoms with Crippen LogP contribution in [-0.4, -0.2) is 29.7 Å². The second-order valence-electron chi connectivity index (χ2n) is 4.64. The Morgan fingerprint density at radius 1 is 1.39 bits per heavy atom. The Labute approximate surface area is 107 Å². The lowest BCUT2D eigenvalue weighted by Gasteiger charge is -2.10. The molecule has 100 valence electrons. The highest BCUT2D eigenvalue weighted by Gasteiger charge is 2.20. The molecule has 1 aromatic rings. The molecule has 2 rings (SSSR count). The van der Waals surface area contributed by atoms with E-state index in [2.05, 4.69) is 20.7 Å². The van der Waals surface area contributed by atoms with Crippen molar-refractivity contribution in [3.05, 3.63) is 11.9 Å². The van der Waals surface area contributed by atoms with Gasteiger partial charge in [-0.15, -0.1) is 0 Å². The molecular weight excluding hydrogens is 230 g/mol. The molecule has 0 aliphatic heterocycles. The van der Waals surface area contributed by atoms with Crippen molar-refractivity contribution in [3.8, 4) is 0 Å². The molecule has 1 aromatic heterocycles.